The van der Waals surface area contributed by atoms with Gasteiger partial charge in [0.1, 0.15) is 55.6 Å². The molecular formula is C60H70N10O15. The van der Waals surface area contributed by atoms with E-state index in [-0.39, 0.29) is 52.0 Å². The maximum Gasteiger partial charge on any atom is 0.408 e. The second kappa shape index (κ2) is 34.3. The van der Waals surface area contributed by atoms with Gasteiger partial charge in [-0.3, -0.25) is 33.6 Å². The Labute approximate surface area is 490 Å². The fraction of sp³-hybridized carbons (Fsp3) is 0.333. The van der Waals surface area contributed by atoms with Gasteiger partial charge in [-0.2, -0.15) is 0 Å². The summed E-state index contributed by atoms with van der Waals surface area (Å²) in [5.74, 6) is -8.12. The Hall–Kier alpha value is -10.2. The summed E-state index contributed by atoms with van der Waals surface area (Å²) in [6.07, 6.45) is -3.06. The number of nitrogens with one attached hydrogen (secondary N) is 7. The van der Waals surface area contributed by atoms with Crippen LogP contribution in [0.1, 0.15) is 74.3 Å². The average Bonchev–Trinajstić information content (AvgIpc) is 3.68. The predicted molar refractivity (Wildman–Crippen MR) is 308 cm³/mol. The molecule has 0 aromatic heterocycles. The topological polar surface area (TPSA) is 356 Å². The molecule has 0 radical (unpaired) electrons. The van der Waals surface area contributed by atoms with Crippen LogP contribution in [0.2, 0.25) is 0 Å². The van der Waals surface area contributed by atoms with Gasteiger partial charge < -0.3 is 56.6 Å². The summed E-state index contributed by atoms with van der Waals surface area (Å²) < 4.78 is 21.8. The molecule has 9 N–H and O–H groups in total. The summed E-state index contributed by atoms with van der Waals surface area (Å²) in [6, 6.07) is 35.5. The van der Waals surface area contributed by atoms with Crippen molar-refractivity contribution in [3.8, 4) is 0 Å². The van der Waals surface area contributed by atoms with Gasteiger partial charge >= 0.3 is 24.0 Å². The molecule has 0 unspecified atom stereocenters. The molecular weight excluding hydrogens is 1100 g/mol. The van der Waals surface area contributed by atoms with Crippen molar-refractivity contribution in [3.63, 3.8) is 0 Å². The van der Waals surface area contributed by atoms with Crippen LogP contribution in [-0.4, -0.2) is 113 Å². The number of aliphatic imine (C=N–C) groups is 1. The van der Waals surface area contributed by atoms with Gasteiger partial charge in [-0.05, 0) is 61.4 Å². The van der Waals surface area contributed by atoms with Crippen molar-refractivity contribution in [2.75, 3.05) is 13.1 Å². The van der Waals surface area contributed by atoms with E-state index in [4.69, 9.17) is 24.7 Å². The quantitative estimate of drug-likeness (QED) is 0.00600. The molecule has 0 saturated carbocycles. The van der Waals surface area contributed by atoms with Crippen LogP contribution in [-0.2, 0) is 90.0 Å². The number of benzene rings is 5. The van der Waals surface area contributed by atoms with E-state index in [2.05, 4.69) is 36.9 Å². The van der Waals surface area contributed by atoms with Crippen LogP contribution in [0.25, 0.3) is 0 Å². The largest absolute Gasteiger partial charge is 0.461 e. The van der Waals surface area contributed by atoms with Gasteiger partial charge in [0.05, 0.1) is 19.4 Å². The van der Waals surface area contributed by atoms with Gasteiger partial charge in [0, 0.05) is 19.4 Å². The number of nitrogens with two attached hydrogens (primary N) is 1. The zero-order chi connectivity index (χ0) is 61.6. The Morgan fingerprint density at radius 3 is 1.38 bits per heavy atom. The summed E-state index contributed by atoms with van der Waals surface area (Å²) in [6.45, 7) is 3.22. The van der Waals surface area contributed by atoms with Crippen molar-refractivity contribution in [1.82, 2.24) is 37.3 Å². The van der Waals surface area contributed by atoms with E-state index in [0.717, 1.165) is 0 Å². The number of rotatable bonds is 31. The molecule has 0 saturated heterocycles. The van der Waals surface area contributed by atoms with Crippen LogP contribution < -0.4 is 43.1 Å². The minimum Gasteiger partial charge on any atom is -0.461 e. The Morgan fingerprint density at radius 2 is 0.918 bits per heavy atom. The number of carbonyl (C=O) groups excluding carboxylic acids is 9. The van der Waals surface area contributed by atoms with Crippen LogP contribution in [0.5, 0.6) is 0 Å². The lowest BCUT2D eigenvalue weighted by Gasteiger charge is -2.26. The van der Waals surface area contributed by atoms with Crippen LogP contribution in [0, 0.1) is 10.1 Å². The highest BCUT2D eigenvalue weighted by Gasteiger charge is 2.34. The van der Waals surface area contributed by atoms with E-state index in [1.54, 1.807) is 178 Å². The minimum absolute atomic E-state index is 0.0457. The molecule has 0 spiro atoms. The molecule has 5 aromatic carbocycles. The average molecular weight is 1170 g/mol. The first-order valence-corrected chi connectivity index (χ1v) is 27.1. The van der Waals surface area contributed by atoms with Gasteiger partial charge in [0.2, 0.25) is 29.5 Å². The number of hydrazine groups is 1. The first-order chi connectivity index (χ1) is 40.7. The van der Waals surface area contributed by atoms with Gasteiger partial charge in [-0.15, -0.1) is 0 Å². The molecule has 5 rings (SSSR count). The van der Waals surface area contributed by atoms with Crippen LogP contribution >= 0.6 is 0 Å². The summed E-state index contributed by atoms with van der Waals surface area (Å²) in [7, 11) is 0. The molecule has 0 fully saturated rings. The van der Waals surface area contributed by atoms with E-state index in [1.165, 1.54) is 0 Å². The van der Waals surface area contributed by atoms with Crippen molar-refractivity contribution in [3.05, 3.63) is 190 Å². The number of nitro groups is 1. The molecule has 0 heterocycles. The molecule has 0 aliphatic rings. The molecule has 25 heteroatoms. The summed E-state index contributed by atoms with van der Waals surface area (Å²) in [4.78, 5) is 139. The van der Waals surface area contributed by atoms with Crippen molar-refractivity contribution in [1.29, 1.82) is 0 Å². The number of carbonyl (C=O) groups is 9. The third-order valence-corrected chi connectivity index (χ3v) is 12.1. The van der Waals surface area contributed by atoms with E-state index in [0.29, 0.717) is 27.8 Å². The monoisotopic (exact) mass is 1170 g/mol. The number of guanidine groups is 1. The maximum atomic E-state index is 14.5. The van der Waals surface area contributed by atoms with Gasteiger partial charge in [0.25, 0.3) is 5.96 Å². The molecule has 450 valence electrons. The molecule has 25 nitrogen and oxygen atoms in total. The molecule has 5 atom stereocenters. The molecule has 0 aliphatic heterocycles. The lowest BCUT2D eigenvalue weighted by Crippen LogP contribution is -2.58. The summed E-state index contributed by atoms with van der Waals surface area (Å²) in [5, 5.41) is 25.0. The van der Waals surface area contributed by atoms with Crippen LogP contribution in [0.3, 0.4) is 0 Å². The number of nitrogens with zero attached hydrogens (tertiary/aromatic N) is 2. The third-order valence-electron chi connectivity index (χ3n) is 12.1. The first-order valence-electron chi connectivity index (χ1n) is 27.1. The molecule has 85 heavy (non-hydrogen) atoms. The SMILES string of the molecule is CC(C)(C)OC(=O)N[C@@H](CC(=O)OCc1ccccc1)C(=O)N[C@@H](Cc1ccccc1)C(=O)N[C@@H](CCCN=C(N)N[N+](=O)[O-])C(=O)NCC(=O)N[C@@H](CC(=O)OCc1ccccc1)C(=O)N[C@@H](Cc1ccccc1)C(=O)OCc1ccccc1. The number of ether oxygens (including phenoxy) is 4. The number of hydrogen-bond acceptors (Lipinski definition) is 16. The number of amides is 6. The van der Waals surface area contributed by atoms with Gasteiger partial charge in [-0.25, -0.2) is 24.7 Å². The van der Waals surface area contributed by atoms with Crippen molar-refractivity contribution < 1.29 is 67.1 Å². The molecule has 0 aliphatic carbocycles. The lowest BCUT2D eigenvalue weighted by molar-refractivity contribution is -0.525. The zero-order valence-corrected chi connectivity index (χ0v) is 47.2. The summed E-state index contributed by atoms with van der Waals surface area (Å²) >= 11 is 0. The molecule has 0 bridgehead atoms. The first kappa shape index (κ1) is 65.6. The van der Waals surface area contributed by atoms with E-state index < -0.39 is 120 Å². The van der Waals surface area contributed by atoms with Gasteiger partial charge in [-0.1, -0.05) is 157 Å². The predicted octanol–water partition coefficient (Wildman–Crippen LogP) is 3.31. The third kappa shape index (κ3) is 25.6. The molecule has 5 aromatic rings. The number of hydrogen-bond donors (Lipinski definition) is 8. The minimum atomic E-state index is -1.69. The maximum absolute atomic E-state index is 14.5. The van der Waals surface area contributed by atoms with E-state index in [1.807, 2.05) is 0 Å². The highest BCUT2D eigenvalue weighted by molar-refractivity contribution is 5.97. The lowest BCUT2D eigenvalue weighted by atomic mass is 10.0. The second-order valence-electron chi connectivity index (χ2n) is 20.2. The Kier molecular flexibility index (Phi) is 26.5. The van der Waals surface area contributed by atoms with Crippen molar-refractivity contribution in [2.24, 2.45) is 10.7 Å². The standard InChI is InChI=1S/C60H70N10O15/c1-60(2,3)85-59(79)68-48(35-52(73)83-38-43-26-15-7-16-27-43)56(77)66-46(32-40-20-9-4-10-21-40)54(75)65-45(30-19-31-62-58(61)69-70(80)81)53(74)63-36-50(71)64-47(34-51(72)82-37-42-24-13-6-14-25-42)55(76)67-49(33-41-22-11-5-12-23-41)57(78)84-39-44-28-17-8-18-29-44/h4-18,20-29,45-49H,19,30-39H2,1-3H3,(H,63,74)(H,64,71)(H,65,75)(H,66,77)(H,67,76)(H,68,79)(H3,61,62,69)/t45-,46-,47-,48-,49-/m0/s1. The Morgan fingerprint density at radius 1 is 0.518 bits per heavy atom. The zero-order valence-electron chi connectivity index (χ0n) is 47.2. The van der Waals surface area contributed by atoms with E-state index in [9.17, 15) is 53.3 Å². The normalized spacial score (nSPS) is 12.9. The highest BCUT2D eigenvalue weighted by atomic mass is 16.7. The number of esters is 3. The van der Waals surface area contributed by atoms with E-state index >= 15 is 0 Å². The highest BCUT2D eigenvalue weighted by Crippen LogP contribution is 2.13. The fourth-order valence-corrected chi connectivity index (χ4v) is 7.97. The second-order valence-corrected chi connectivity index (χ2v) is 20.2. The van der Waals surface area contributed by atoms with Crippen molar-refractivity contribution >= 4 is 59.5 Å². The van der Waals surface area contributed by atoms with Crippen molar-refractivity contribution in [2.45, 2.75) is 115 Å². The Balaban J connectivity index is 1.37. The van der Waals surface area contributed by atoms with Crippen LogP contribution in [0.4, 0.5) is 4.79 Å². The smallest absolute Gasteiger partial charge is 0.408 e. The molecule has 6 amide bonds. The Bertz CT molecular complexity index is 3040. The summed E-state index contributed by atoms with van der Waals surface area (Å²) in [5.41, 5.74) is 9.38. The van der Waals surface area contributed by atoms with Gasteiger partial charge in [0.15, 0.2) is 5.03 Å². The van der Waals surface area contributed by atoms with Crippen LogP contribution in [0.15, 0.2) is 157 Å². The fourth-order valence-electron chi connectivity index (χ4n) is 7.97. The number of alkyl carbamates (subject to hydrolysis) is 1.